The Kier molecular flexibility index (Phi) is 4.43. The van der Waals surface area contributed by atoms with E-state index in [1.54, 1.807) is 6.07 Å². The summed E-state index contributed by atoms with van der Waals surface area (Å²) in [5.74, 6) is 1.68. The quantitative estimate of drug-likeness (QED) is 0.854. The van der Waals surface area contributed by atoms with E-state index in [1.807, 2.05) is 11.0 Å². The van der Waals surface area contributed by atoms with Gasteiger partial charge in [0.05, 0.1) is 5.56 Å². The van der Waals surface area contributed by atoms with Gasteiger partial charge in [-0.25, -0.2) is 0 Å². The molecule has 130 valence electrons. The third-order valence-electron chi connectivity index (χ3n) is 5.40. The molecule has 0 bridgehead atoms. The maximum absolute atomic E-state index is 12.7. The minimum atomic E-state index is -0.0691. The van der Waals surface area contributed by atoms with Gasteiger partial charge in [-0.2, -0.15) is 0 Å². The topological polar surface area (TPSA) is 50.5 Å². The van der Waals surface area contributed by atoms with Crippen molar-refractivity contribution in [2.75, 3.05) is 13.1 Å². The van der Waals surface area contributed by atoms with Gasteiger partial charge in [-0.05, 0) is 37.2 Å². The summed E-state index contributed by atoms with van der Waals surface area (Å²) >= 11 is 0. The van der Waals surface area contributed by atoms with Gasteiger partial charge in [0.25, 0.3) is 5.91 Å². The summed E-state index contributed by atoms with van der Waals surface area (Å²) in [7, 11) is 0. The highest BCUT2D eigenvalue weighted by Gasteiger charge is 2.29. The van der Waals surface area contributed by atoms with Crippen LogP contribution in [0.25, 0.3) is 0 Å². The first-order valence-electron chi connectivity index (χ1n) is 9.20. The van der Waals surface area contributed by atoms with Gasteiger partial charge in [-0.3, -0.25) is 9.59 Å². The number of carbonyl (C=O) groups is 2. The number of rotatable bonds is 3. The standard InChI is InChI=1S/C21H23NO3/c23-18-7-4-8-19-17(18)14-20(25-19)21(24)22-11-9-16(10-12-22)13-15-5-2-1-3-6-15/h1-3,5-6,14,16H,4,7-13H2. The van der Waals surface area contributed by atoms with Crippen molar-refractivity contribution in [1.29, 1.82) is 0 Å². The van der Waals surface area contributed by atoms with Crippen molar-refractivity contribution in [3.05, 3.63) is 59.0 Å². The van der Waals surface area contributed by atoms with E-state index in [2.05, 4.69) is 24.3 Å². The zero-order valence-electron chi connectivity index (χ0n) is 14.4. The fourth-order valence-electron chi connectivity index (χ4n) is 3.94. The number of likely N-dealkylation sites (tertiary alicyclic amines) is 1. The molecule has 0 N–H and O–H groups in total. The Hall–Kier alpha value is -2.36. The van der Waals surface area contributed by atoms with Crippen molar-refractivity contribution in [3.63, 3.8) is 0 Å². The second-order valence-corrected chi connectivity index (χ2v) is 7.15. The average Bonchev–Trinajstić information content (AvgIpc) is 3.08. The number of Topliss-reactive ketones (excluding diaryl/α,β-unsaturated/α-hetero) is 1. The molecule has 0 saturated carbocycles. The van der Waals surface area contributed by atoms with E-state index in [9.17, 15) is 9.59 Å². The Balaban J connectivity index is 1.37. The van der Waals surface area contributed by atoms with Crippen molar-refractivity contribution in [3.8, 4) is 0 Å². The number of aryl methyl sites for hydroxylation is 1. The summed E-state index contributed by atoms with van der Waals surface area (Å²) < 4.78 is 5.70. The number of ketones is 1. The van der Waals surface area contributed by atoms with Crippen molar-refractivity contribution in [2.24, 2.45) is 5.92 Å². The number of piperidine rings is 1. The molecule has 4 nitrogen and oxygen atoms in total. The largest absolute Gasteiger partial charge is 0.455 e. The van der Waals surface area contributed by atoms with E-state index < -0.39 is 0 Å². The van der Waals surface area contributed by atoms with Gasteiger partial charge in [-0.15, -0.1) is 0 Å². The van der Waals surface area contributed by atoms with E-state index in [4.69, 9.17) is 4.42 Å². The molecule has 0 atom stereocenters. The smallest absolute Gasteiger partial charge is 0.289 e. The lowest BCUT2D eigenvalue weighted by Gasteiger charge is -2.31. The molecular formula is C21H23NO3. The minimum Gasteiger partial charge on any atom is -0.455 e. The summed E-state index contributed by atoms with van der Waals surface area (Å²) in [4.78, 5) is 26.5. The Morgan fingerprint density at radius 3 is 2.60 bits per heavy atom. The second kappa shape index (κ2) is 6.87. The van der Waals surface area contributed by atoms with Crippen LogP contribution >= 0.6 is 0 Å². The Bertz CT molecular complexity index is 770. The lowest BCUT2D eigenvalue weighted by molar-refractivity contribution is 0.0656. The van der Waals surface area contributed by atoms with Crippen LogP contribution in [-0.2, 0) is 12.8 Å². The fourth-order valence-corrected chi connectivity index (χ4v) is 3.94. The van der Waals surface area contributed by atoms with Crippen LogP contribution in [0.4, 0.5) is 0 Å². The lowest BCUT2D eigenvalue weighted by atomic mass is 9.90. The summed E-state index contributed by atoms with van der Waals surface area (Å²) in [6, 6.07) is 12.2. The number of amides is 1. The van der Waals surface area contributed by atoms with Crippen LogP contribution in [0.3, 0.4) is 0 Å². The van der Waals surface area contributed by atoms with Gasteiger partial charge in [0.1, 0.15) is 5.76 Å². The van der Waals surface area contributed by atoms with Gasteiger partial charge >= 0.3 is 0 Å². The molecule has 4 heteroatoms. The molecule has 2 heterocycles. The summed E-state index contributed by atoms with van der Waals surface area (Å²) in [6.07, 6.45) is 5.24. The first-order chi connectivity index (χ1) is 12.2. The number of benzene rings is 1. The number of nitrogens with zero attached hydrogens (tertiary/aromatic N) is 1. The van der Waals surface area contributed by atoms with Gasteiger partial charge in [-0.1, -0.05) is 30.3 Å². The highest BCUT2D eigenvalue weighted by atomic mass is 16.4. The van der Waals surface area contributed by atoms with Crippen LogP contribution in [0.15, 0.2) is 40.8 Å². The maximum Gasteiger partial charge on any atom is 0.289 e. The van der Waals surface area contributed by atoms with Crippen molar-refractivity contribution < 1.29 is 14.0 Å². The molecule has 25 heavy (non-hydrogen) atoms. The lowest BCUT2D eigenvalue weighted by Crippen LogP contribution is -2.38. The first-order valence-corrected chi connectivity index (χ1v) is 9.20. The van der Waals surface area contributed by atoms with E-state index in [1.165, 1.54) is 5.56 Å². The zero-order valence-corrected chi connectivity index (χ0v) is 14.4. The van der Waals surface area contributed by atoms with Crippen LogP contribution in [-0.4, -0.2) is 29.7 Å². The molecule has 1 fully saturated rings. The highest BCUT2D eigenvalue weighted by molar-refractivity contribution is 6.01. The van der Waals surface area contributed by atoms with E-state index in [-0.39, 0.29) is 11.7 Å². The predicted octanol–water partition coefficient (Wildman–Crippen LogP) is 3.89. The average molecular weight is 337 g/mol. The van der Waals surface area contributed by atoms with Crippen molar-refractivity contribution >= 4 is 11.7 Å². The summed E-state index contributed by atoms with van der Waals surface area (Å²) in [5.41, 5.74) is 1.98. The van der Waals surface area contributed by atoms with Gasteiger partial charge in [0.15, 0.2) is 11.5 Å². The summed E-state index contributed by atoms with van der Waals surface area (Å²) in [6.45, 7) is 1.52. The SMILES string of the molecule is O=C1CCCc2oc(C(=O)N3CCC(Cc4ccccc4)CC3)cc21. The molecular weight excluding hydrogens is 314 g/mol. The highest BCUT2D eigenvalue weighted by Crippen LogP contribution is 2.27. The van der Waals surface area contributed by atoms with Crippen LogP contribution in [0, 0.1) is 5.92 Å². The number of carbonyl (C=O) groups excluding carboxylic acids is 2. The molecule has 1 aromatic carbocycles. The molecule has 1 amide bonds. The number of hydrogen-bond acceptors (Lipinski definition) is 3. The van der Waals surface area contributed by atoms with Crippen LogP contribution in [0.5, 0.6) is 0 Å². The molecule has 1 aliphatic carbocycles. The van der Waals surface area contributed by atoms with Gasteiger partial charge in [0, 0.05) is 32.0 Å². The molecule has 0 spiro atoms. The first kappa shape index (κ1) is 16.1. The van der Waals surface area contributed by atoms with Crippen molar-refractivity contribution in [1.82, 2.24) is 4.90 Å². The molecule has 0 radical (unpaired) electrons. The van der Waals surface area contributed by atoms with Gasteiger partial charge in [0.2, 0.25) is 0 Å². The molecule has 1 aromatic heterocycles. The minimum absolute atomic E-state index is 0.0691. The van der Waals surface area contributed by atoms with E-state index in [0.29, 0.717) is 29.4 Å². The number of fused-ring (bicyclic) bond motifs is 1. The molecule has 1 saturated heterocycles. The molecule has 0 unspecified atom stereocenters. The molecule has 1 aliphatic heterocycles. The number of furan rings is 1. The third kappa shape index (κ3) is 3.39. The third-order valence-corrected chi connectivity index (χ3v) is 5.40. The zero-order chi connectivity index (χ0) is 17.2. The van der Waals surface area contributed by atoms with Crippen LogP contribution < -0.4 is 0 Å². The normalized spacial score (nSPS) is 18.2. The molecule has 4 rings (SSSR count). The second-order valence-electron chi connectivity index (χ2n) is 7.15. The molecule has 2 aliphatic rings. The van der Waals surface area contributed by atoms with Crippen molar-refractivity contribution in [2.45, 2.75) is 38.5 Å². The monoisotopic (exact) mass is 337 g/mol. The Morgan fingerprint density at radius 1 is 1.12 bits per heavy atom. The van der Waals surface area contributed by atoms with Gasteiger partial charge < -0.3 is 9.32 Å². The number of hydrogen-bond donors (Lipinski definition) is 0. The predicted molar refractivity (Wildman–Crippen MR) is 94.8 cm³/mol. The van der Waals surface area contributed by atoms with E-state index >= 15 is 0 Å². The molecule has 2 aromatic rings. The Labute approximate surface area is 147 Å². The van der Waals surface area contributed by atoms with Crippen LogP contribution in [0.2, 0.25) is 0 Å². The fraction of sp³-hybridized carbons (Fsp3) is 0.429. The maximum atomic E-state index is 12.7. The summed E-state index contributed by atoms with van der Waals surface area (Å²) in [5, 5.41) is 0. The Morgan fingerprint density at radius 2 is 1.88 bits per heavy atom. The van der Waals surface area contributed by atoms with E-state index in [0.717, 1.165) is 45.2 Å². The van der Waals surface area contributed by atoms with Crippen LogP contribution in [0.1, 0.15) is 57.9 Å².